The molecule has 0 bridgehead atoms. The number of nitrogens with zero attached hydrogens (tertiary/aromatic N) is 1. The molecule has 4 nitrogen and oxygen atoms in total. The molecule has 24 heavy (non-hydrogen) atoms. The number of hydrogen-bond acceptors (Lipinski definition) is 3. The highest BCUT2D eigenvalue weighted by Crippen LogP contribution is 2.45. The standard InChI is InChI=1S/C20H21NO3/c22-19(17-11-5-2-6-12-17)15-18(16-9-3-1-4-10-16)20(21(23)24)13-7-8-14-20/h1-6,9-12,18H,7-8,13-15H2/t18-/m1/s1. The molecule has 0 saturated heterocycles. The molecule has 2 aromatic carbocycles. The van der Waals surface area contributed by atoms with E-state index in [0.717, 1.165) is 18.4 Å². The van der Waals surface area contributed by atoms with Gasteiger partial charge in [0.25, 0.3) is 0 Å². The highest BCUT2D eigenvalue weighted by atomic mass is 16.6. The first-order valence-corrected chi connectivity index (χ1v) is 8.41. The number of carbonyl (C=O) groups excluding carboxylic acids is 1. The Hall–Kier alpha value is -2.49. The summed E-state index contributed by atoms with van der Waals surface area (Å²) in [6, 6.07) is 18.5. The number of hydrogen-bond donors (Lipinski definition) is 0. The van der Waals surface area contributed by atoms with Crippen LogP contribution in [0.25, 0.3) is 0 Å². The van der Waals surface area contributed by atoms with Gasteiger partial charge in [-0.2, -0.15) is 0 Å². The third-order valence-electron chi connectivity index (χ3n) is 5.17. The second-order valence-corrected chi connectivity index (χ2v) is 6.52. The summed E-state index contributed by atoms with van der Waals surface area (Å²) in [4.78, 5) is 24.5. The Morgan fingerprint density at radius 3 is 2.08 bits per heavy atom. The molecule has 2 aromatic rings. The topological polar surface area (TPSA) is 60.2 Å². The molecule has 1 atom stereocenters. The second-order valence-electron chi connectivity index (χ2n) is 6.52. The van der Waals surface area contributed by atoms with Crippen LogP contribution >= 0.6 is 0 Å². The van der Waals surface area contributed by atoms with E-state index in [0.29, 0.717) is 18.4 Å². The summed E-state index contributed by atoms with van der Waals surface area (Å²) < 4.78 is 0. The summed E-state index contributed by atoms with van der Waals surface area (Å²) in [7, 11) is 0. The number of rotatable bonds is 6. The Bertz CT molecular complexity index is 706. The van der Waals surface area contributed by atoms with Crippen LogP contribution in [0.15, 0.2) is 60.7 Å². The molecule has 0 aliphatic heterocycles. The van der Waals surface area contributed by atoms with E-state index in [9.17, 15) is 14.9 Å². The molecule has 0 unspecified atom stereocenters. The molecule has 124 valence electrons. The number of benzene rings is 2. The maximum atomic E-state index is 12.7. The molecule has 1 aliphatic carbocycles. The van der Waals surface area contributed by atoms with Crippen LogP contribution in [0.1, 0.15) is 53.9 Å². The third-order valence-corrected chi connectivity index (χ3v) is 5.17. The van der Waals surface area contributed by atoms with Crippen molar-refractivity contribution in [3.63, 3.8) is 0 Å². The molecule has 4 heteroatoms. The molecule has 0 N–H and O–H groups in total. The van der Waals surface area contributed by atoms with Crippen LogP contribution in [-0.2, 0) is 0 Å². The predicted molar refractivity (Wildman–Crippen MR) is 92.8 cm³/mol. The average molecular weight is 323 g/mol. The minimum Gasteiger partial charge on any atom is -0.294 e. The van der Waals surface area contributed by atoms with Gasteiger partial charge >= 0.3 is 0 Å². The fourth-order valence-corrected chi connectivity index (χ4v) is 3.88. The number of nitro groups is 1. The first-order chi connectivity index (χ1) is 11.6. The van der Waals surface area contributed by atoms with Crippen molar-refractivity contribution in [2.24, 2.45) is 0 Å². The van der Waals surface area contributed by atoms with E-state index in [4.69, 9.17) is 0 Å². The molecule has 0 aromatic heterocycles. The van der Waals surface area contributed by atoms with Crippen molar-refractivity contribution in [3.05, 3.63) is 81.9 Å². The molecule has 0 spiro atoms. The minimum absolute atomic E-state index is 0.0300. The summed E-state index contributed by atoms with van der Waals surface area (Å²) in [6.45, 7) is 0. The Labute approximate surface area is 141 Å². The van der Waals surface area contributed by atoms with Gasteiger partial charge in [0.1, 0.15) is 0 Å². The van der Waals surface area contributed by atoms with E-state index in [1.165, 1.54) is 0 Å². The van der Waals surface area contributed by atoms with Gasteiger partial charge in [-0.25, -0.2) is 0 Å². The van der Waals surface area contributed by atoms with Gasteiger partial charge in [0.2, 0.25) is 5.54 Å². The Morgan fingerprint density at radius 2 is 1.54 bits per heavy atom. The summed E-state index contributed by atoms with van der Waals surface area (Å²) in [5.41, 5.74) is 0.488. The van der Waals surface area contributed by atoms with E-state index >= 15 is 0 Å². The lowest BCUT2D eigenvalue weighted by atomic mass is 9.75. The maximum absolute atomic E-state index is 12.7. The molecule has 0 heterocycles. The lowest BCUT2D eigenvalue weighted by molar-refractivity contribution is -0.573. The zero-order chi connectivity index (χ0) is 17.0. The van der Waals surface area contributed by atoms with Gasteiger partial charge in [-0.05, 0) is 18.4 Å². The monoisotopic (exact) mass is 323 g/mol. The van der Waals surface area contributed by atoms with Gasteiger partial charge in [0.05, 0.1) is 5.92 Å². The summed E-state index contributed by atoms with van der Waals surface area (Å²) >= 11 is 0. The van der Waals surface area contributed by atoms with E-state index in [-0.39, 0.29) is 23.0 Å². The zero-order valence-corrected chi connectivity index (χ0v) is 13.6. The van der Waals surface area contributed by atoms with Gasteiger partial charge in [-0.1, -0.05) is 60.7 Å². The lowest BCUT2D eigenvalue weighted by Crippen LogP contribution is -2.42. The molecule has 3 rings (SSSR count). The molecule has 1 aliphatic rings. The third kappa shape index (κ3) is 3.09. The largest absolute Gasteiger partial charge is 0.294 e. The van der Waals surface area contributed by atoms with Gasteiger partial charge in [0.15, 0.2) is 5.78 Å². The smallest absolute Gasteiger partial charge is 0.229 e. The fraction of sp³-hybridized carbons (Fsp3) is 0.350. The summed E-state index contributed by atoms with van der Waals surface area (Å²) in [5.74, 6) is -0.415. The van der Waals surface area contributed by atoms with Crippen LogP contribution in [0.5, 0.6) is 0 Å². The molecule has 1 saturated carbocycles. The Morgan fingerprint density at radius 1 is 1.00 bits per heavy atom. The Balaban J connectivity index is 1.97. The SMILES string of the molecule is O=C(C[C@H](c1ccccc1)C1([N+](=O)[O-])CCCC1)c1ccccc1. The van der Waals surface area contributed by atoms with Crippen LogP contribution in [0.4, 0.5) is 0 Å². The van der Waals surface area contributed by atoms with Crippen LogP contribution in [-0.4, -0.2) is 16.2 Å². The maximum Gasteiger partial charge on any atom is 0.229 e. The van der Waals surface area contributed by atoms with Crippen LogP contribution in [0, 0.1) is 10.1 Å². The minimum atomic E-state index is -1.02. The highest BCUT2D eigenvalue weighted by Gasteiger charge is 2.53. The van der Waals surface area contributed by atoms with E-state index in [2.05, 4.69) is 0 Å². The first kappa shape index (κ1) is 16.4. The fourth-order valence-electron chi connectivity index (χ4n) is 3.88. The summed E-state index contributed by atoms with van der Waals surface area (Å²) in [6.07, 6.45) is 2.96. The molecule has 1 fully saturated rings. The van der Waals surface area contributed by atoms with Crippen molar-refractivity contribution in [3.8, 4) is 0 Å². The lowest BCUT2D eigenvalue weighted by Gasteiger charge is -2.30. The van der Waals surface area contributed by atoms with Gasteiger partial charge < -0.3 is 0 Å². The van der Waals surface area contributed by atoms with Crippen LogP contribution in [0.3, 0.4) is 0 Å². The van der Waals surface area contributed by atoms with Gasteiger partial charge in [-0.15, -0.1) is 0 Å². The zero-order valence-electron chi connectivity index (χ0n) is 13.6. The Kier molecular flexibility index (Phi) is 4.74. The number of Topliss-reactive ketones (excluding diaryl/α,β-unsaturated/α-hetero) is 1. The van der Waals surface area contributed by atoms with Crippen molar-refractivity contribution < 1.29 is 9.72 Å². The van der Waals surface area contributed by atoms with Crippen molar-refractivity contribution in [1.82, 2.24) is 0 Å². The number of ketones is 1. The van der Waals surface area contributed by atoms with Crippen molar-refractivity contribution in [1.29, 1.82) is 0 Å². The molecular formula is C20H21NO3. The average Bonchev–Trinajstić information content (AvgIpc) is 3.12. The molecular weight excluding hydrogens is 302 g/mol. The van der Waals surface area contributed by atoms with Gasteiger partial charge in [-0.3, -0.25) is 14.9 Å². The van der Waals surface area contributed by atoms with Gasteiger partial charge in [0, 0.05) is 29.7 Å². The second kappa shape index (κ2) is 6.95. The summed E-state index contributed by atoms with van der Waals surface area (Å²) in [5, 5.41) is 12.0. The van der Waals surface area contributed by atoms with E-state index in [1.54, 1.807) is 12.1 Å². The van der Waals surface area contributed by atoms with Crippen molar-refractivity contribution >= 4 is 5.78 Å². The van der Waals surface area contributed by atoms with Crippen LogP contribution < -0.4 is 0 Å². The quantitative estimate of drug-likeness (QED) is 0.442. The first-order valence-electron chi connectivity index (χ1n) is 8.41. The number of carbonyl (C=O) groups is 1. The van der Waals surface area contributed by atoms with E-state index in [1.807, 2.05) is 48.5 Å². The highest BCUT2D eigenvalue weighted by molar-refractivity contribution is 5.96. The molecule has 0 radical (unpaired) electrons. The van der Waals surface area contributed by atoms with Crippen molar-refractivity contribution in [2.45, 2.75) is 43.6 Å². The van der Waals surface area contributed by atoms with E-state index < -0.39 is 5.54 Å². The predicted octanol–water partition coefficient (Wildman–Crippen LogP) is 4.63. The van der Waals surface area contributed by atoms with Crippen LogP contribution in [0.2, 0.25) is 0 Å². The van der Waals surface area contributed by atoms with Crippen molar-refractivity contribution in [2.75, 3.05) is 0 Å². The molecule has 0 amide bonds. The normalized spacial score (nSPS) is 17.3.